The molecule has 0 amide bonds. The Morgan fingerprint density at radius 3 is 2.67 bits per heavy atom. The Hall–Kier alpha value is -1.78. The van der Waals surface area contributed by atoms with E-state index in [0.717, 1.165) is 28.1 Å². The fourth-order valence-corrected chi connectivity index (χ4v) is 2.40. The standard InChI is InChI=1S/C16H19ClN2O2/c1-10-8-19-15(11(2)16(10)20-3)9-21-13-5-4-12(7-18)14(17)6-13/h4-6,8H,7,9,18H2,1-3H3. The Labute approximate surface area is 129 Å². The van der Waals surface area contributed by atoms with Crippen LogP contribution in [0.15, 0.2) is 24.4 Å². The van der Waals surface area contributed by atoms with Crippen molar-refractivity contribution in [1.29, 1.82) is 0 Å². The predicted octanol–water partition coefficient (Wildman–Crippen LogP) is 3.40. The molecular formula is C16H19ClN2O2. The lowest BCUT2D eigenvalue weighted by molar-refractivity contribution is 0.298. The molecule has 0 aliphatic rings. The van der Waals surface area contributed by atoms with Crippen molar-refractivity contribution in [3.63, 3.8) is 0 Å². The molecule has 0 aliphatic carbocycles. The highest BCUT2D eigenvalue weighted by Crippen LogP contribution is 2.26. The van der Waals surface area contributed by atoms with E-state index in [2.05, 4.69) is 4.98 Å². The molecule has 5 heteroatoms. The van der Waals surface area contributed by atoms with E-state index < -0.39 is 0 Å². The zero-order valence-corrected chi connectivity index (χ0v) is 13.2. The first-order chi connectivity index (χ1) is 10.1. The zero-order valence-electron chi connectivity index (χ0n) is 12.4. The summed E-state index contributed by atoms with van der Waals surface area (Å²) in [4.78, 5) is 4.40. The molecule has 0 fully saturated rings. The van der Waals surface area contributed by atoms with Crippen LogP contribution in [0.4, 0.5) is 0 Å². The van der Waals surface area contributed by atoms with Crippen LogP contribution in [0.5, 0.6) is 11.5 Å². The molecule has 2 N–H and O–H groups in total. The zero-order chi connectivity index (χ0) is 15.4. The number of aryl methyl sites for hydroxylation is 1. The lowest BCUT2D eigenvalue weighted by Gasteiger charge is -2.13. The second-order valence-corrected chi connectivity index (χ2v) is 5.20. The molecule has 0 aliphatic heterocycles. The van der Waals surface area contributed by atoms with Gasteiger partial charge in [0.1, 0.15) is 18.1 Å². The first-order valence-electron chi connectivity index (χ1n) is 6.67. The molecule has 1 aromatic heterocycles. The lowest BCUT2D eigenvalue weighted by Crippen LogP contribution is -2.04. The summed E-state index contributed by atoms with van der Waals surface area (Å²) in [5, 5.41) is 0.612. The van der Waals surface area contributed by atoms with E-state index in [0.29, 0.717) is 23.9 Å². The van der Waals surface area contributed by atoms with Crippen LogP contribution in [0.3, 0.4) is 0 Å². The summed E-state index contributed by atoms with van der Waals surface area (Å²) >= 11 is 6.12. The molecule has 2 rings (SSSR count). The van der Waals surface area contributed by atoms with Crippen LogP contribution >= 0.6 is 11.6 Å². The van der Waals surface area contributed by atoms with Gasteiger partial charge in [0.15, 0.2) is 0 Å². The third-order valence-corrected chi connectivity index (χ3v) is 3.72. The van der Waals surface area contributed by atoms with Crippen molar-refractivity contribution < 1.29 is 9.47 Å². The number of rotatable bonds is 5. The van der Waals surface area contributed by atoms with E-state index in [1.807, 2.05) is 26.0 Å². The molecule has 0 saturated carbocycles. The number of benzene rings is 1. The Kier molecular flexibility index (Phi) is 5.04. The smallest absolute Gasteiger partial charge is 0.131 e. The highest BCUT2D eigenvalue weighted by Gasteiger charge is 2.10. The minimum absolute atomic E-state index is 0.362. The van der Waals surface area contributed by atoms with Crippen LogP contribution < -0.4 is 15.2 Å². The average molecular weight is 307 g/mol. The van der Waals surface area contributed by atoms with E-state index >= 15 is 0 Å². The summed E-state index contributed by atoms with van der Waals surface area (Å²) < 4.78 is 11.1. The molecule has 0 atom stereocenters. The number of hydrogen-bond donors (Lipinski definition) is 1. The van der Waals surface area contributed by atoms with E-state index in [4.69, 9.17) is 26.8 Å². The van der Waals surface area contributed by atoms with Crippen molar-refractivity contribution in [1.82, 2.24) is 4.98 Å². The molecular weight excluding hydrogens is 288 g/mol. The van der Waals surface area contributed by atoms with Gasteiger partial charge in [-0.25, -0.2) is 0 Å². The van der Waals surface area contributed by atoms with Gasteiger partial charge >= 0.3 is 0 Å². The molecule has 0 spiro atoms. The van der Waals surface area contributed by atoms with E-state index in [-0.39, 0.29) is 0 Å². The third-order valence-electron chi connectivity index (χ3n) is 3.37. The van der Waals surface area contributed by atoms with Gasteiger partial charge in [0, 0.05) is 28.9 Å². The summed E-state index contributed by atoms with van der Waals surface area (Å²) in [6.07, 6.45) is 1.79. The maximum atomic E-state index is 6.12. The van der Waals surface area contributed by atoms with Crippen LogP contribution in [0.2, 0.25) is 5.02 Å². The van der Waals surface area contributed by atoms with Crippen LogP contribution in [-0.2, 0) is 13.2 Å². The van der Waals surface area contributed by atoms with Gasteiger partial charge in [0.2, 0.25) is 0 Å². The van der Waals surface area contributed by atoms with E-state index in [1.165, 1.54) is 0 Å². The van der Waals surface area contributed by atoms with E-state index in [1.54, 1.807) is 19.4 Å². The SMILES string of the molecule is COc1c(C)cnc(COc2ccc(CN)c(Cl)c2)c1C. The lowest BCUT2D eigenvalue weighted by atomic mass is 10.1. The highest BCUT2D eigenvalue weighted by molar-refractivity contribution is 6.31. The number of nitrogens with zero attached hydrogens (tertiary/aromatic N) is 1. The van der Waals surface area contributed by atoms with Gasteiger partial charge in [0.05, 0.1) is 12.8 Å². The summed E-state index contributed by atoms with van der Waals surface area (Å²) in [6.45, 7) is 4.71. The van der Waals surface area contributed by atoms with Gasteiger partial charge in [-0.15, -0.1) is 0 Å². The molecule has 21 heavy (non-hydrogen) atoms. The number of hydrogen-bond acceptors (Lipinski definition) is 4. The largest absolute Gasteiger partial charge is 0.496 e. The van der Waals surface area contributed by atoms with Crippen molar-refractivity contribution in [3.8, 4) is 11.5 Å². The number of aromatic nitrogens is 1. The molecule has 2 aromatic rings. The summed E-state index contributed by atoms with van der Waals surface area (Å²) in [5.41, 5.74) is 9.32. The molecule has 0 unspecified atom stereocenters. The minimum Gasteiger partial charge on any atom is -0.496 e. The van der Waals surface area contributed by atoms with Crippen molar-refractivity contribution >= 4 is 11.6 Å². The molecule has 0 saturated heterocycles. The first kappa shape index (κ1) is 15.6. The molecule has 112 valence electrons. The quantitative estimate of drug-likeness (QED) is 0.920. The second kappa shape index (κ2) is 6.78. The van der Waals surface area contributed by atoms with Crippen LogP contribution in [0.25, 0.3) is 0 Å². The van der Waals surface area contributed by atoms with Crippen molar-refractivity contribution in [2.45, 2.75) is 27.0 Å². The van der Waals surface area contributed by atoms with Gasteiger partial charge in [-0.1, -0.05) is 17.7 Å². The predicted molar refractivity (Wildman–Crippen MR) is 83.9 cm³/mol. The van der Waals surface area contributed by atoms with Crippen LogP contribution in [0, 0.1) is 13.8 Å². The number of nitrogens with two attached hydrogens (primary N) is 1. The molecule has 0 bridgehead atoms. The summed E-state index contributed by atoms with van der Waals surface area (Å²) in [6, 6.07) is 5.49. The van der Waals surface area contributed by atoms with Crippen LogP contribution in [-0.4, -0.2) is 12.1 Å². The highest BCUT2D eigenvalue weighted by atomic mass is 35.5. The molecule has 4 nitrogen and oxygen atoms in total. The summed E-state index contributed by atoms with van der Waals surface area (Å²) in [5.74, 6) is 1.54. The van der Waals surface area contributed by atoms with Gasteiger partial charge in [-0.2, -0.15) is 0 Å². The Morgan fingerprint density at radius 1 is 1.29 bits per heavy atom. The topological polar surface area (TPSA) is 57.4 Å². The van der Waals surface area contributed by atoms with Gasteiger partial charge in [-0.3, -0.25) is 4.98 Å². The van der Waals surface area contributed by atoms with Crippen molar-refractivity contribution in [2.24, 2.45) is 5.73 Å². The molecule has 1 heterocycles. The summed E-state index contributed by atoms with van der Waals surface area (Å²) in [7, 11) is 1.66. The van der Waals surface area contributed by atoms with Crippen LogP contribution in [0.1, 0.15) is 22.4 Å². The monoisotopic (exact) mass is 306 g/mol. The normalized spacial score (nSPS) is 10.5. The van der Waals surface area contributed by atoms with E-state index in [9.17, 15) is 0 Å². The Bertz CT molecular complexity index is 644. The Balaban J connectivity index is 2.15. The first-order valence-corrected chi connectivity index (χ1v) is 7.05. The molecule has 0 radical (unpaired) electrons. The third kappa shape index (κ3) is 3.46. The van der Waals surface area contributed by atoms with Gasteiger partial charge in [0.25, 0.3) is 0 Å². The fraction of sp³-hybridized carbons (Fsp3) is 0.312. The van der Waals surface area contributed by atoms with Gasteiger partial charge < -0.3 is 15.2 Å². The maximum absolute atomic E-state index is 6.12. The number of methoxy groups -OCH3 is 1. The maximum Gasteiger partial charge on any atom is 0.131 e. The average Bonchev–Trinajstić information content (AvgIpc) is 2.47. The minimum atomic E-state index is 0.362. The van der Waals surface area contributed by atoms with Crippen molar-refractivity contribution in [3.05, 3.63) is 51.8 Å². The van der Waals surface area contributed by atoms with Crippen molar-refractivity contribution in [2.75, 3.05) is 7.11 Å². The Morgan fingerprint density at radius 2 is 2.05 bits per heavy atom. The molecule has 1 aromatic carbocycles. The number of ether oxygens (including phenoxy) is 2. The van der Waals surface area contributed by atoms with Gasteiger partial charge in [-0.05, 0) is 31.5 Å². The second-order valence-electron chi connectivity index (χ2n) is 4.79. The number of halogens is 1. The fourth-order valence-electron chi connectivity index (χ4n) is 2.15. The number of pyridine rings is 1.